The lowest BCUT2D eigenvalue weighted by Gasteiger charge is -2.20. The van der Waals surface area contributed by atoms with E-state index < -0.39 is 0 Å². The van der Waals surface area contributed by atoms with Gasteiger partial charge in [-0.15, -0.1) is 0 Å². The van der Waals surface area contributed by atoms with Gasteiger partial charge in [-0.2, -0.15) is 0 Å². The van der Waals surface area contributed by atoms with E-state index in [0.29, 0.717) is 5.92 Å². The van der Waals surface area contributed by atoms with Gasteiger partial charge in [-0.3, -0.25) is 9.69 Å². The molecule has 0 fully saturated rings. The third-order valence-corrected chi connectivity index (χ3v) is 4.95. The second kappa shape index (κ2) is 6.71. The molecule has 0 amide bonds. The standard InChI is InChI=1S/C20H26N2O/c1-15(2)17-6-4-16(5-7-17)14-22-12-10-18-8-9-20(23)21(3)19(18)11-13-22/h4-9,15H,10-14H2,1-3H3. The van der Waals surface area contributed by atoms with Crippen LogP contribution in [-0.2, 0) is 26.4 Å². The van der Waals surface area contributed by atoms with Crippen LogP contribution in [-0.4, -0.2) is 22.6 Å². The molecule has 3 nitrogen and oxygen atoms in total. The highest BCUT2D eigenvalue weighted by molar-refractivity contribution is 5.26. The molecule has 1 aliphatic heterocycles. The average Bonchev–Trinajstić information content (AvgIpc) is 2.75. The van der Waals surface area contributed by atoms with Crippen molar-refractivity contribution in [2.24, 2.45) is 7.05 Å². The first-order valence-electron chi connectivity index (χ1n) is 8.53. The molecule has 1 aromatic carbocycles. The Morgan fingerprint density at radius 2 is 1.70 bits per heavy atom. The number of rotatable bonds is 3. The Balaban J connectivity index is 1.70. The van der Waals surface area contributed by atoms with E-state index in [0.717, 1.165) is 32.5 Å². The highest BCUT2D eigenvalue weighted by Gasteiger charge is 2.16. The van der Waals surface area contributed by atoms with Gasteiger partial charge in [-0.25, -0.2) is 0 Å². The van der Waals surface area contributed by atoms with Gasteiger partial charge in [-0.05, 0) is 29.0 Å². The van der Waals surface area contributed by atoms with Gasteiger partial charge in [0, 0.05) is 44.9 Å². The Morgan fingerprint density at radius 1 is 1.00 bits per heavy atom. The molecular formula is C20H26N2O. The molecule has 0 saturated carbocycles. The van der Waals surface area contributed by atoms with Crippen LogP contribution in [0.15, 0.2) is 41.2 Å². The lowest BCUT2D eigenvalue weighted by molar-refractivity contribution is 0.278. The maximum absolute atomic E-state index is 11.8. The minimum Gasteiger partial charge on any atom is -0.315 e. The Kier molecular flexibility index (Phi) is 4.67. The van der Waals surface area contributed by atoms with Gasteiger partial charge in [0.05, 0.1) is 0 Å². The van der Waals surface area contributed by atoms with E-state index in [1.807, 2.05) is 17.7 Å². The molecule has 0 radical (unpaired) electrons. The minimum absolute atomic E-state index is 0.0986. The molecule has 0 N–H and O–H groups in total. The summed E-state index contributed by atoms with van der Waals surface area (Å²) in [4.78, 5) is 14.3. The van der Waals surface area contributed by atoms with E-state index in [1.54, 1.807) is 6.07 Å². The highest BCUT2D eigenvalue weighted by Crippen LogP contribution is 2.18. The van der Waals surface area contributed by atoms with Crippen molar-refractivity contribution in [2.75, 3.05) is 13.1 Å². The molecule has 0 bridgehead atoms. The fraction of sp³-hybridized carbons (Fsp3) is 0.450. The number of nitrogens with zero attached hydrogens (tertiary/aromatic N) is 2. The van der Waals surface area contributed by atoms with Gasteiger partial charge in [0.25, 0.3) is 0 Å². The van der Waals surface area contributed by atoms with Crippen molar-refractivity contribution in [1.29, 1.82) is 0 Å². The van der Waals surface area contributed by atoms with E-state index in [-0.39, 0.29) is 5.56 Å². The second-order valence-electron chi connectivity index (χ2n) is 6.87. The summed E-state index contributed by atoms with van der Waals surface area (Å²) in [7, 11) is 1.89. The maximum atomic E-state index is 11.8. The monoisotopic (exact) mass is 310 g/mol. The van der Waals surface area contributed by atoms with Crippen molar-refractivity contribution in [2.45, 2.75) is 39.2 Å². The molecule has 0 unspecified atom stereocenters. The summed E-state index contributed by atoms with van der Waals surface area (Å²) in [6, 6.07) is 12.7. The van der Waals surface area contributed by atoms with Gasteiger partial charge in [0.15, 0.2) is 0 Å². The third kappa shape index (κ3) is 3.56. The normalized spacial score (nSPS) is 15.5. The van der Waals surface area contributed by atoms with Crippen LogP contribution in [0.4, 0.5) is 0 Å². The first-order chi connectivity index (χ1) is 11.0. The van der Waals surface area contributed by atoms with Crippen molar-refractivity contribution in [1.82, 2.24) is 9.47 Å². The topological polar surface area (TPSA) is 25.2 Å². The van der Waals surface area contributed by atoms with Crippen LogP contribution in [0.1, 0.15) is 42.1 Å². The quantitative estimate of drug-likeness (QED) is 0.870. The predicted molar refractivity (Wildman–Crippen MR) is 94.9 cm³/mol. The summed E-state index contributed by atoms with van der Waals surface area (Å²) >= 11 is 0. The number of fused-ring (bicyclic) bond motifs is 1. The second-order valence-corrected chi connectivity index (χ2v) is 6.87. The summed E-state index contributed by atoms with van der Waals surface area (Å²) in [5.74, 6) is 0.582. The van der Waals surface area contributed by atoms with Gasteiger partial charge in [0.1, 0.15) is 0 Å². The van der Waals surface area contributed by atoms with E-state index in [1.165, 1.54) is 22.4 Å². The summed E-state index contributed by atoms with van der Waals surface area (Å²) in [5, 5.41) is 0. The average molecular weight is 310 g/mol. The van der Waals surface area contributed by atoms with Crippen molar-refractivity contribution in [3.63, 3.8) is 0 Å². The first kappa shape index (κ1) is 16.0. The minimum atomic E-state index is 0.0986. The van der Waals surface area contributed by atoms with E-state index in [4.69, 9.17) is 0 Å². The summed E-state index contributed by atoms with van der Waals surface area (Å²) < 4.78 is 1.82. The van der Waals surface area contributed by atoms with E-state index in [2.05, 4.69) is 43.0 Å². The molecule has 1 aliphatic rings. The molecular weight excluding hydrogens is 284 g/mol. The number of hydrogen-bond donors (Lipinski definition) is 0. The Morgan fingerprint density at radius 3 is 2.39 bits per heavy atom. The molecule has 0 saturated heterocycles. The predicted octanol–water partition coefficient (Wildman–Crippen LogP) is 3.11. The number of hydrogen-bond acceptors (Lipinski definition) is 2. The summed E-state index contributed by atoms with van der Waals surface area (Å²) in [6.45, 7) is 7.50. The molecule has 0 atom stereocenters. The number of benzene rings is 1. The van der Waals surface area contributed by atoms with Crippen LogP contribution in [0, 0.1) is 0 Å². The van der Waals surface area contributed by atoms with Crippen LogP contribution in [0.3, 0.4) is 0 Å². The van der Waals surface area contributed by atoms with Gasteiger partial charge in [-0.1, -0.05) is 44.2 Å². The molecule has 0 spiro atoms. The van der Waals surface area contributed by atoms with E-state index >= 15 is 0 Å². The lowest BCUT2D eigenvalue weighted by Crippen LogP contribution is -2.26. The maximum Gasteiger partial charge on any atom is 0.250 e. The van der Waals surface area contributed by atoms with Crippen LogP contribution >= 0.6 is 0 Å². The van der Waals surface area contributed by atoms with Gasteiger partial charge >= 0.3 is 0 Å². The number of pyridine rings is 1. The summed E-state index contributed by atoms with van der Waals surface area (Å²) in [6.07, 6.45) is 1.97. The van der Waals surface area contributed by atoms with Crippen molar-refractivity contribution < 1.29 is 0 Å². The van der Waals surface area contributed by atoms with Crippen molar-refractivity contribution in [3.05, 3.63) is 69.1 Å². The van der Waals surface area contributed by atoms with Crippen LogP contribution < -0.4 is 5.56 Å². The zero-order valence-corrected chi connectivity index (χ0v) is 14.4. The smallest absolute Gasteiger partial charge is 0.250 e. The van der Waals surface area contributed by atoms with Crippen LogP contribution in [0.25, 0.3) is 0 Å². The van der Waals surface area contributed by atoms with Crippen molar-refractivity contribution >= 4 is 0 Å². The highest BCUT2D eigenvalue weighted by atomic mass is 16.1. The Hall–Kier alpha value is -1.87. The molecule has 2 aromatic rings. The molecule has 3 rings (SSSR count). The molecule has 23 heavy (non-hydrogen) atoms. The fourth-order valence-electron chi connectivity index (χ4n) is 3.36. The lowest BCUT2D eigenvalue weighted by atomic mass is 10.0. The molecule has 122 valence electrons. The molecule has 3 heteroatoms. The SMILES string of the molecule is CC(C)c1ccc(CN2CCc3ccc(=O)n(C)c3CC2)cc1. The number of aromatic nitrogens is 1. The Labute approximate surface area is 138 Å². The molecule has 0 aliphatic carbocycles. The third-order valence-electron chi connectivity index (χ3n) is 4.95. The van der Waals surface area contributed by atoms with Crippen molar-refractivity contribution in [3.8, 4) is 0 Å². The zero-order valence-electron chi connectivity index (χ0n) is 14.4. The first-order valence-corrected chi connectivity index (χ1v) is 8.53. The Bertz CT molecular complexity index is 728. The van der Waals surface area contributed by atoms with Gasteiger partial charge in [0.2, 0.25) is 5.56 Å². The van der Waals surface area contributed by atoms with Gasteiger partial charge < -0.3 is 4.57 Å². The molecule has 2 heterocycles. The summed E-state index contributed by atoms with van der Waals surface area (Å²) in [5.41, 5.74) is 5.39. The van der Waals surface area contributed by atoms with Crippen LogP contribution in [0.5, 0.6) is 0 Å². The van der Waals surface area contributed by atoms with E-state index in [9.17, 15) is 4.79 Å². The van der Waals surface area contributed by atoms with Crippen LogP contribution in [0.2, 0.25) is 0 Å². The zero-order chi connectivity index (χ0) is 16.4. The fourth-order valence-corrected chi connectivity index (χ4v) is 3.36. The molecule has 1 aromatic heterocycles. The largest absolute Gasteiger partial charge is 0.315 e.